The minimum atomic E-state index is -1.07. The SMILES string of the molecule is CC(CO)(CO)NC(=O)Nc1ccc(C#N)cc1. The van der Waals surface area contributed by atoms with Crippen LogP contribution in [0.2, 0.25) is 0 Å². The Hall–Kier alpha value is -2.10. The molecule has 0 spiro atoms. The van der Waals surface area contributed by atoms with Gasteiger partial charge in [-0.15, -0.1) is 0 Å². The average molecular weight is 249 g/mol. The molecule has 18 heavy (non-hydrogen) atoms. The van der Waals surface area contributed by atoms with Gasteiger partial charge in [0.1, 0.15) is 0 Å². The molecule has 1 aromatic carbocycles. The molecule has 6 heteroatoms. The molecule has 0 aliphatic carbocycles. The van der Waals surface area contributed by atoms with Gasteiger partial charge in [0, 0.05) is 5.69 Å². The van der Waals surface area contributed by atoms with E-state index >= 15 is 0 Å². The molecule has 0 aliphatic rings. The summed E-state index contributed by atoms with van der Waals surface area (Å²) in [5.74, 6) is 0. The van der Waals surface area contributed by atoms with Crippen molar-refractivity contribution in [1.82, 2.24) is 5.32 Å². The third-order valence-electron chi connectivity index (χ3n) is 2.39. The maximum Gasteiger partial charge on any atom is 0.319 e. The molecule has 0 aliphatic heterocycles. The molecule has 0 heterocycles. The molecule has 0 saturated carbocycles. The third kappa shape index (κ3) is 3.73. The molecule has 0 unspecified atom stereocenters. The molecular formula is C12H15N3O3. The van der Waals surface area contributed by atoms with Gasteiger partial charge >= 0.3 is 6.03 Å². The number of amides is 2. The minimum absolute atomic E-state index is 0.371. The van der Waals surface area contributed by atoms with Crippen molar-refractivity contribution in [2.75, 3.05) is 18.5 Å². The normalized spacial score (nSPS) is 10.6. The van der Waals surface area contributed by atoms with Crippen LogP contribution >= 0.6 is 0 Å². The van der Waals surface area contributed by atoms with Crippen LogP contribution in [0.25, 0.3) is 0 Å². The van der Waals surface area contributed by atoms with Crippen LogP contribution in [0.15, 0.2) is 24.3 Å². The second-order valence-corrected chi connectivity index (χ2v) is 4.15. The predicted octanol–water partition coefficient (Wildman–Crippen LogP) is 0.423. The summed E-state index contributed by atoms with van der Waals surface area (Å²) in [6.45, 7) is 0.778. The van der Waals surface area contributed by atoms with E-state index in [1.54, 1.807) is 24.3 Å². The van der Waals surface area contributed by atoms with E-state index in [0.29, 0.717) is 11.3 Å². The number of hydrogen-bond acceptors (Lipinski definition) is 4. The highest BCUT2D eigenvalue weighted by Gasteiger charge is 2.24. The number of carbonyl (C=O) groups is 1. The van der Waals surface area contributed by atoms with Gasteiger partial charge in [0.05, 0.1) is 30.4 Å². The highest BCUT2D eigenvalue weighted by Crippen LogP contribution is 2.09. The first-order valence-electron chi connectivity index (χ1n) is 5.34. The Morgan fingerprint density at radius 1 is 1.33 bits per heavy atom. The molecular weight excluding hydrogens is 234 g/mol. The van der Waals surface area contributed by atoms with Gasteiger partial charge in [-0.1, -0.05) is 0 Å². The number of nitrogens with one attached hydrogen (secondary N) is 2. The number of nitrogens with zero attached hydrogens (tertiary/aromatic N) is 1. The molecule has 96 valence electrons. The maximum atomic E-state index is 11.6. The maximum absolute atomic E-state index is 11.6. The largest absolute Gasteiger partial charge is 0.394 e. The molecule has 0 aromatic heterocycles. The first kappa shape index (κ1) is 14.0. The van der Waals surface area contributed by atoms with Crippen LogP contribution in [-0.4, -0.2) is 35.0 Å². The topological polar surface area (TPSA) is 105 Å². The lowest BCUT2D eigenvalue weighted by Gasteiger charge is -2.26. The van der Waals surface area contributed by atoms with Gasteiger partial charge in [0.25, 0.3) is 0 Å². The van der Waals surface area contributed by atoms with Crippen molar-refractivity contribution in [3.8, 4) is 6.07 Å². The average Bonchev–Trinajstić information content (AvgIpc) is 2.39. The number of urea groups is 1. The van der Waals surface area contributed by atoms with Crippen molar-refractivity contribution in [3.05, 3.63) is 29.8 Å². The van der Waals surface area contributed by atoms with Crippen LogP contribution in [0.1, 0.15) is 12.5 Å². The summed E-state index contributed by atoms with van der Waals surface area (Å²) in [5.41, 5.74) is -0.0577. The Morgan fingerprint density at radius 2 is 1.89 bits per heavy atom. The van der Waals surface area contributed by atoms with Gasteiger partial charge in [0.15, 0.2) is 0 Å². The van der Waals surface area contributed by atoms with Crippen LogP contribution in [-0.2, 0) is 0 Å². The van der Waals surface area contributed by atoms with Crippen LogP contribution in [0.5, 0.6) is 0 Å². The van der Waals surface area contributed by atoms with E-state index in [4.69, 9.17) is 15.5 Å². The van der Waals surface area contributed by atoms with Crippen molar-refractivity contribution in [3.63, 3.8) is 0 Å². The predicted molar refractivity (Wildman–Crippen MR) is 65.9 cm³/mol. The number of nitriles is 1. The van der Waals surface area contributed by atoms with Gasteiger partial charge in [-0.2, -0.15) is 5.26 Å². The zero-order chi connectivity index (χ0) is 13.6. The lowest BCUT2D eigenvalue weighted by molar-refractivity contribution is 0.111. The van der Waals surface area contributed by atoms with Crippen molar-refractivity contribution in [2.24, 2.45) is 0 Å². The van der Waals surface area contributed by atoms with Gasteiger partial charge in [-0.25, -0.2) is 4.79 Å². The quantitative estimate of drug-likeness (QED) is 0.620. The first-order valence-corrected chi connectivity index (χ1v) is 5.34. The number of anilines is 1. The lowest BCUT2D eigenvalue weighted by Crippen LogP contribution is -2.53. The van der Waals surface area contributed by atoms with E-state index in [9.17, 15) is 4.79 Å². The Kier molecular flexibility index (Phi) is 4.66. The Morgan fingerprint density at radius 3 is 2.33 bits per heavy atom. The Balaban J connectivity index is 2.62. The molecule has 0 fully saturated rings. The summed E-state index contributed by atoms with van der Waals surface area (Å²) < 4.78 is 0. The number of aliphatic hydroxyl groups is 2. The van der Waals surface area contributed by atoms with E-state index in [-0.39, 0.29) is 13.2 Å². The van der Waals surface area contributed by atoms with Crippen molar-refractivity contribution in [2.45, 2.75) is 12.5 Å². The van der Waals surface area contributed by atoms with E-state index in [0.717, 1.165) is 0 Å². The third-order valence-corrected chi connectivity index (χ3v) is 2.39. The summed E-state index contributed by atoms with van der Waals surface area (Å²) in [6.07, 6.45) is 0. The fraction of sp³-hybridized carbons (Fsp3) is 0.333. The summed E-state index contributed by atoms with van der Waals surface area (Å²) in [7, 11) is 0. The first-order chi connectivity index (χ1) is 8.53. The monoisotopic (exact) mass is 249 g/mol. The molecule has 1 aromatic rings. The summed E-state index contributed by atoms with van der Waals surface area (Å²) in [5, 5.41) is 31.7. The van der Waals surface area contributed by atoms with Crippen molar-refractivity contribution < 1.29 is 15.0 Å². The highest BCUT2D eigenvalue weighted by atomic mass is 16.3. The summed E-state index contributed by atoms with van der Waals surface area (Å²) in [6, 6.07) is 7.77. The molecule has 6 nitrogen and oxygen atoms in total. The number of benzene rings is 1. The summed E-state index contributed by atoms with van der Waals surface area (Å²) in [4.78, 5) is 11.6. The van der Waals surface area contributed by atoms with Crippen LogP contribution in [0.3, 0.4) is 0 Å². The number of hydrogen-bond donors (Lipinski definition) is 4. The Bertz CT molecular complexity index is 447. The summed E-state index contributed by atoms with van der Waals surface area (Å²) >= 11 is 0. The second kappa shape index (κ2) is 6.00. The van der Waals surface area contributed by atoms with Gasteiger partial charge in [-0.3, -0.25) is 0 Å². The van der Waals surface area contributed by atoms with E-state index in [1.165, 1.54) is 6.92 Å². The standard InChI is InChI=1S/C12H15N3O3/c1-12(7-16,8-17)15-11(18)14-10-4-2-9(6-13)3-5-10/h2-5,16-17H,7-8H2,1H3,(H2,14,15,18). The minimum Gasteiger partial charge on any atom is -0.394 e. The molecule has 0 saturated heterocycles. The van der Waals surface area contributed by atoms with Gasteiger partial charge in [-0.05, 0) is 31.2 Å². The van der Waals surface area contributed by atoms with E-state index < -0.39 is 11.6 Å². The number of carbonyl (C=O) groups excluding carboxylic acids is 1. The smallest absolute Gasteiger partial charge is 0.319 e. The van der Waals surface area contributed by atoms with Crippen LogP contribution in [0, 0.1) is 11.3 Å². The van der Waals surface area contributed by atoms with E-state index in [1.807, 2.05) is 6.07 Å². The number of aliphatic hydroxyl groups excluding tert-OH is 2. The molecule has 0 bridgehead atoms. The van der Waals surface area contributed by atoms with Crippen LogP contribution in [0.4, 0.5) is 10.5 Å². The second-order valence-electron chi connectivity index (χ2n) is 4.15. The molecule has 0 atom stereocenters. The zero-order valence-electron chi connectivity index (χ0n) is 9.97. The van der Waals surface area contributed by atoms with E-state index in [2.05, 4.69) is 10.6 Å². The Labute approximate surface area is 105 Å². The zero-order valence-corrected chi connectivity index (χ0v) is 9.97. The van der Waals surface area contributed by atoms with Gasteiger partial charge in [0.2, 0.25) is 0 Å². The highest BCUT2D eigenvalue weighted by molar-refractivity contribution is 5.89. The lowest BCUT2D eigenvalue weighted by atomic mass is 10.1. The van der Waals surface area contributed by atoms with Crippen molar-refractivity contribution in [1.29, 1.82) is 5.26 Å². The van der Waals surface area contributed by atoms with Crippen molar-refractivity contribution >= 4 is 11.7 Å². The molecule has 4 N–H and O–H groups in total. The number of rotatable bonds is 4. The fourth-order valence-corrected chi connectivity index (χ4v) is 1.19. The fourth-order valence-electron chi connectivity index (χ4n) is 1.19. The van der Waals surface area contributed by atoms with Crippen LogP contribution < -0.4 is 10.6 Å². The van der Waals surface area contributed by atoms with Gasteiger partial charge < -0.3 is 20.8 Å². The molecule has 2 amide bonds. The molecule has 1 rings (SSSR count). The molecule has 0 radical (unpaired) electrons.